The molecule has 86 valence electrons. The molecule has 0 radical (unpaired) electrons. The minimum absolute atomic E-state index is 0.0880. The second-order valence-corrected chi connectivity index (χ2v) is 5.45. The first kappa shape index (κ1) is 11.5. The summed E-state index contributed by atoms with van der Waals surface area (Å²) in [5, 5.41) is 0.0880. The van der Waals surface area contributed by atoms with Crippen LogP contribution in [-0.4, -0.2) is 13.4 Å². The Morgan fingerprint density at radius 2 is 2.12 bits per heavy atom. The van der Waals surface area contributed by atoms with Gasteiger partial charge in [-0.05, 0) is 6.07 Å². The van der Waals surface area contributed by atoms with Gasteiger partial charge in [-0.1, -0.05) is 11.6 Å². The van der Waals surface area contributed by atoms with Crippen molar-refractivity contribution >= 4 is 42.7 Å². The van der Waals surface area contributed by atoms with Gasteiger partial charge in [-0.2, -0.15) is 8.42 Å². The summed E-state index contributed by atoms with van der Waals surface area (Å²) in [6.07, 6.45) is 0. The van der Waals surface area contributed by atoms with Gasteiger partial charge >= 0.3 is 9.33 Å². The zero-order chi connectivity index (χ0) is 11.9. The third kappa shape index (κ3) is 2.40. The number of aromatic nitrogens is 1. The fourth-order valence-corrected chi connectivity index (χ4v) is 2.01. The van der Waals surface area contributed by atoms with Crippen molar-refractivity contribution in [3.63, 3.8) is 0 Å². The smallest absolute Gasteiger partial charge is 0.401 e. The van der Waals surface area contributed by atoms with Gasteiger partial charge in [-0.3, -0.25) is 0 Å². The van der Waals surface area contributed by atoms with Gasteiger partial charge in [0.25, 0.3) is 0 Å². The maximum atomic E-state index is 10.7. The Balaban J connectivity index is 2.58. The summed E-state index contributed by atoms with van der Waals surface area (Å²) in [5.41, 5.74) is 0.888. The SMILES string of the molecule is Cc1nc2cc(Cl)c(OS(=O)(=O)Cl)cc2o1. The predicted molar refractivity (Wildman–Crippen MR) is 59.2 cm³/mol. The van der Waals surface area contributed by atoms with Crippen LogP contribution in [0.3, 0.4) is 0 Å². The van der Waals surface area contributed by atoms with Crippen molar-refractivity contribution in [2.45, 2.75) is 6.92 Å². The number of aryl methyl sites for hydroxylation is 1. The van der Waals surface area contributed by atoms with Crippen LogP contribution in [-0.2, 0) is 9.33 Å². The minimum atomic E-state index is -4.14. The topological polar surface area (TPSA) is 69.4 Å². The number of hydrogen-bond donors (Lipinski definition) is 0. The number of rotatable bonds is 2. The molecule has 1 aromatic carbocycles. The lowest BCUT2D eigenvalue weighted by Crippen LogP contribution is -2.00. The van der Waals surface area contributed by atoms with Gasteiger partial charge < -0.3 is 8.60 Å². The number of hydrogen-bond acceptors (Lipinski definition) is 5. The molecule has 5 nitrogen and oxygen atoms in total. The van der Waals surface area contributed by atoms with Crippen molar-refractivity contribution in [1.29, 1.82) is 0 Å². The van der Waals surface area contributed by atoms with E-state index in [0.29, 0.717) is 17.0 Å². The lowest BCUT2D eigenvalue weighted by atomic mass is 10.3. The second kappa shape index (κ2) is 3.80. The lowest BCUT2D eigenvalue weighted by molar-refractivity contribution is 0.502. The predicted octanol–water partition coefficient (Wildman–Crippen LogP) is 2.65. The average Bonchev–Trinajstić information content (AvgIpc) is 2.42. The van der Waals surface area contributed by atoms with Crippen molar-refractivity contribution in [2.24, 2.45) is 0 Å². The molecule has 0 N–H and O–H groups in total. The van der Waals surface area contributed by atoms with Crippen LogP contribution in [0, 0.1) is 6.92 Å². The van der Waals surface area contributed by atoms with Gasteiger partial charge in [0.2, 0.25) is 0 Å². The molecule has 0 saturated heterocycles. The van der Waals surface area contributed by atoms with Crippen LogP contribution in [0.1, 0.15) is 5.89 Å². The number of benzene rings is 1. The summed E-state index contributed by atoms with van der Waals surface area (Å²) >= 11 is 5.79. The Labute approximate surface area is 101 Å². The third-order valence-electron chi connectivity index (χ3n) is 1.74. The third-order valence-corrected chi connectivity index (χ3v) is 2.60. The van der Waals surface area contributed by atoms with Crippen molar-refractivity contribution < 1.29 is 17.0 Å². The van der Waals surface area contributed by atoms with Gasteiger partial charge in [0, 0.05) is 13.0 Å². The fourth-order valence-electron chi connectivity index (χ4n) is 1.22. The second-order valence-electron chi connectivity index (χ2n) is 2.96. The average molecular weight is 282 g/mol. The number of fused-ring (bicyclic) bond motifs is 1. The Hall–Kier alpha value is -0.980. The number of halogens is 2. The standard InChI is InChI=1S/C8H5Cl2NO4S/c1-4-11-6-2-5(9)7(3-8(6)14-4)15-16(10,12)13/h2-3H,1H3. The van der Waals surface area contributed by atoms with E-state index in [-0.39, 0.29) is 10.8 Å². The first-order valence-corrected chi connectivity index (χ1v) is 6.67. The van der Waals surface area contributed by atoms with Crippen molar-refractivity contribution in [3.05, 3.63) is 23.0 Å². The monoisotopic (exact) mass is 281 g/mol. The molecule has 1 aromatic heterocycles. The molecular formula is C8H5Cl2NO4S. The van der Waals surface area contributed by atoms with Crippen LogP contribution >= 0.6 is 22.3 Å². The van der Waals surface area contributed by atoms with E-state index < -0.39 is 9.33 Å². The van der Waals surface area contributed by atoms with Crippen molar-refractivity contribution in [3.8, 4) is 5.75 Å². The molecule has 0 saturated carbocycles. The molecule has 0 spiro atoms. The summed E-state index contributed by atoms with van der Waals surface area (Å²) in [6, 6.07) is 2.75. The Morgan fingerprint density at radius 1 is 1.44 bits per heavy atom. The van der Waals surface area contributed by atoms with Crippen LogP contribution in [0.5, 0.6) is 5.75 Å². The minimum Gasteiger partial charge on any atom is -0.441 e. The van der Waals surface area contributed by atoms with Crippen LogP contribution in [0.25, 0.3) is 11.1 Å². The van der Waals surface area contributed by atoms with E-state index in [0.717, 1.165) is 0 Å². The van der Waals surface area contributed by atoms with Crippen LogP contribution < -0.4 is 4.18 Å². The van der Waals surface area contributed by atoms with Gasteiger partial charge in [0.05, 0.1) is 15.7 Å². The Morgan fingerprint density at radius 3 is 2.75 bits per heavy atom. The molecule has 0 unspecified atom stereocenters. The molecule has 0 bridgehead atoms. The lowest BCUT2D eigenvalue weighted by Gasteiger charge is -2.02. The molecule has 8 heteroatoms. The molecule has 2 aromatic rings. The van der Waals surface area contributed by atoms with Gasteiger partial charge in [-0.25, -0.2) is 4.98 Å². The summed E-state index contributed by atoms with van der Waals surface area (Å²) in [4.78, 5) is 4.02. The highest BCUT2D eigenvalue weighted by atomic mass is 35.7. The largest absolute Gasteiger partial charge is 0.441 e. The Bertz CT molecular complexity index is 649. The highest BCUT2D eigenvalue weighted by Crippen LogP contribution is 2.31. The normalized spacial score (nSPS) is 11.9. The highest BCUT2D eigenvalue weighted by molar-refractivity contribution is 8.10. The van der Waals surface area contributed by atoms with E-state index in [1.165, 1.54) is 12.1 Å². The summed E-state index contributed by atoms with van der Waals surface area (Å²) in [7, 11) is 0.805. The van der Waals surface area contributed by atoms with Gasteiger partial charge in [0.1, 0.15) is 5.52 Å². The van der Waals surface area contributed by atoms with Gasteiger partial charge in [-0.15, -0.1) is 0 Å². The zero-order valence-corrected chi connectivity index (χ0v) is 10.2. The summed E-state index contributed by atoms with van der Waals surface area (Å²) < 4.78 is 31.1. The summed E-state index contributed by atoms with van der Waals surface area (Å²) in [5.74, 6) is 0.345. The Kier molecular flexibility index (Phi) is 2.73. The van der Waals surface area contributed by atoms with Crippen molar-refractivity contribution in [1.82, 2.24) is 4.98 Å². The van der Waals surface area contributed by atoms with Crippen molar-refractivity contribution in [2.75, 3.05) is 0 Å². The molecule has 0 aliphatic heterocycles. The molecule has 0 amide bonds. The van der Waals surface area contributed by atoms with E-state index >= 15 is 0 Å². The first-order chi connectivity index (χ1) is 7.35. The molecule has 0 fully saturated rings. The number of oxazole rings is 1. The molecule has 0 atom stereocenters. The molecule has 2 rings (SSSR count). The first-order valence-electron chi connectivity index (χ1n) is 4.06. The molecule has 0 aliphatic rings. The molecular weight excluding hydrogens is 277 g/mol. The van der Waals surface area contributed by atoms with Gasteiger partial charge in [0.15, 0.2) is 17.2 Å². The molecule has 1 heterocycles. The zero-order valence-electron chi connectivity index (χ0n) is 7.90. The summed E-state index contributed by atoms with van der Waals surface area (Å²) in [6.45, 7) is 1.66. The fraction of sp³-hybridized carbons (Fsp3) is 0.125. The maximum Gasteiger partial charge on any atom is 0.401 e. The van der Waals surface area contributed by atoms with E-state index in [2.05, 4.69) is 9.17 Å². The maximum absolute atomic E-state index is 10.7. The van der Waals surface area contributed by atoms with Crippen LogP contribution in [0.4, 0.5) is 0 Å². The molecule has 16 heavy (non-hydrogen) atoms. The van der Waals surface area contributed by atoms with E-state index in [1.807, 2.05) is 0 Å². The van der Waals surface area contributed by atoms with E-state index in [4.69, 9.17) is 26.7 Å². The van der Waals surface area contributed by atoms with E-state index in [9.17, 15) is 8.42 Å². The van der Waals surface area contributed by atoms with Crippen LogP contribution in [0.2, 0.25) is 5.02 Å². The highest BCUT2D eigenvalue weighted by Gasteiger charge is 2.14. The molecule has 0 aliphatic carbocycles. The van der Waals surface area contributed by atoms with Crippen LogP contribution in [0.15, 0.2) is 16.5 Å². The number of nitrogens with zero attached hydrogens (tertiary/aromatic N) is 1. The van der Waals surface area contributed by atoms with E-state index in [1.54, 1.807) is 6.92 Å². The quantitative estimate of drug-likeness (QED) is 0.792.